The summed E-state index contributed by atoms with van der Waals surface area (Å²) in [6.07, 6.45) is 5.65. The number of benzene rings is 1. The Bertz CT molecular complexity index is 555. The van der Waals surface area contributed by atoms with Gasteiger partial charge in [-0.15, -0.1) is 5.10 Å². The van der Waals surface area contributed by atoms with Gasteiger partial charge in [-0.25, -0.2) is 4.68 Å². The standard InChI is InChI=1S/C16H22N4/c1-16(2,10-11-17-13-8-9-13)15-12-18-19-20(15)14-6-4-3-5-7-14/h3-7,12-13,17H,8-11H2,1-2H3. The van der Waals surface area contributed by atoms with Crippen LogP contribution in [0.15, 0.2) is 36.5 Å². The van der Waals surface area contributed by atoms with Crippen LogP contribution in [-0.4, -0.2) is 27.6 Å². The third-order valence-corrected chi connectivity index (χ3v) is 4.00. The summed E-state index contributed by atoms with van der Waals surface area (Å²) in [6, 6.07) is 11.0. The molecule has 0 spiro atoms. The smallest absolute Gasteiger partial charge is 0.0735 e. The first-order valence-corrected chi connectivity index (χ1v) is 7.37. The zero-order valence-corrected chi connectivity index (χ0v) is 12.2. The van der Waals surface area contributed by atoms with E-state index in [0.717, 1.165) is 24.7 Å². The van der Waals surface area contributed by atoms with Gasteiger partial charge in [0.2, 0.25) is 0 Å². The van der Waals surface area contributed by atoms with Crippen molar-refractivity contribution in [1.82, 2.24) is 20.3 Å². The maximum absolute atomic E-state index is 4.25. The van der Waals surface area contributed by atoms with E-state index in [1.807, 2.05) is 29.1 Å². The maximum Gasteiger partial charge on any atom is 0.0735 e. The lowest BCUT2D eigenvalue weighted by atomic mass is 9.85. The Labute approximate surface area is 120 Å². The van der Waals surface area contributed by atoms with E-state index in [0.29, 0.717) is 0 Å². The first-order valence-electron chi connectivity index (χ1n) is 7.37. The van der Waals surface area contributed by atoms with Crippen molar-refractivity contribution in [1.29, 1.82) is 0 Å². The van der Waals surface area contributed by atoms with Gasteiger partial charge in [-0.05, 0) is 37.9 Å². The summed E-state index contributed by atoms with van der Waals surface area (Å²) < 4.78 is 1.96. The lowest BCUT2D eigenvalue weighted by Crippen LogP contribution is -2.28. The molecule has 0 radical (unpaired) electrons. The Morgan fingerprint density at radius 3 is 2.70 bits per heavy atom. The lowest BCUT2D eigenvalue weighted by Gasteiger charge is -2.25. The number of nitrogens with one attached hydrogen (secondary N) is 1. The van der Waals surface area contributed by atoms with Crippen molar-refractivity contribution in [2.75, 3.05) is 6.54 Å². The van der Waals surface area contributed by atoms with Gasteiger partial charge in [0.1, 0.15) is 0 Å². The average molecular weight is 270 g/mol. The van der Waals surface area contributed by atoms with Crippen molar-refractivity contribution in [3.8, 4) is 5.69 Å². The van der Waals surface area contributed by atoms with Gasteiger partial charge in [0.05, 0.1) is 17.6 Å². The molecule has 1 aliphatic carbocycles. The van der Waals surface area contributed by atoms with Gasteiger partial charge in [0.25, 0.3) is 0 Å². The van der Waals surface area contributed by atoms with Crippen molar-refractivity contribution in [2.24, 2.45) is 0 Å². The third-order valence-electron chi connectivity index (χ3n) is 4.00. The molecule has 20 heavy (non-hydrogen) atoms. The van der Waals surface area contributed by atoms with Crippen LogP contribution in [0.25, 0.3) is 5.69 Å². The van der Waals surface area contributed by atoms with Crippen molar-refractivity contribution < 1.29 is 0 Å². The molecule has 3 rings (SSSR count). The van der Waals surface area contributed by atoms with Crippen LogP contribution in [0.3, 0.4) is 0 Å². The van der Waals surface area contributed by atoms with Crippen LogP contribution >= 0.6 is 0 Å². The van der Waals surface area contributed by atoms with Crippen molar-refractivity contribution >= 4 is 0 Å². The highest BCUT2D eigenvalue weighted by Gasteiger charge is 2.27. The van der Waals surface area contributed by atoms with E-state index in [-0.39, 0.29) is 5.41 Å². The topological polar surface area (TPSA) is 42.7 Å². The van der Waals surface area contributed by atoms with E-state index in [1.54, 1.807) is 0 Å². The summed E-state index contributed by atoms with van der Waals surface area (Å²) in [5, 5.41) is 12.0. The Hall–Kier alpha value is -1.68. The molecule has 1 fully saturated rings. The Kier molecular flexibility index (Phi) is 3.57. The molecule has 0 atom stereocenters. The molecule has 106 valence electrons. The molecule has 1 N–H and O–H groups in total. The molecule has 1 aromatic carbocycles. The predicted octanol–water partition coefficient (Wildman–Crippen LogP) is 2.69. The number of nitrogens with zero attached hydrogens (tertiary/aromatic N) is 3. The molecule has 1 heterocycles. The van der Waals surface area contributed by atoms with Crippen LogP contribution in [0.4, 0.5) is 0 Å². The average Bonchev–Trinajstić information content (AvgIpc) is 3.12. The number of rotatable bonds is 6. The van der Waals surface area contributed by atoms with E-state index >= 15 is 0 Å². The highest BCUT2D eigenvalue weighted by atomic mass is 15.4. The van der Waals surface area contributed by atoms with E-state index in [4.69, 9.17) is 0 Å². The van der Waals surface area contributed by atoms with Gasteiger partial charge >= 0.3 is 0 Å². The summed E-state index contributed by atoms with van der Waals surface area (Å²) >= 11 is 0. The molecule has 1 saturated carbocycles. The second kappa shape index (κ2) is 5.37. The van der Waals surface area contributed by atoms with Crippen molar-refractivity contribution in [3.63, 3.8) is 0 Å². The fourth-order valence-electron chi connectivity index (χ4n) is 2.46. The monoisotopic (exact) mass is 270 g/mol. The summed E-state index contributed by atoms with van der Waals surface area (Å²) in [5.74, 6) is 0. The van der Waals surface area contributed by atoms with Crippen molar-refractivity contribution in [2.45, 2.75) is 44.6 Å². The van der Waals surface area contributed by atoms with Gasteiger partial charge in [-0.1, -0.05) is 37.3 Å². The molecule has 4 nitrogen and oxygen atoms in total. The molecule has 1 aliphatic rings. The summed E-state index contributed by atoms with van der Waals surface area (Å²) in [4.78, 5) is 0. The first-order chi connectivity index (χ1) is 9.67. The first kappa shape index (κ1) is 13.3. The van der Waals surface area contributed by atoms with Gasteiger partial charge in [0.15, 0.2) is 0 Å². The number of hydrogen-bond donors (Lipinski definition) is 1. The predicted molar refractivity (Wildman–Crippen MR) is 80.0 cm³/mol. The van der Waals surface area contributed by atoms with E-state index < -0.39 is 0 Å². The van der Waals surface area contributed by atoms with E-state index in [1.165, 1.54) is 18.5 Å². The molecule has 0 saturated heterocycles. The lowest BCUT2D eigenvalue weighted by molar-refractivity contribution is 0.433. The normalized spacial score (nSPS) is 15.5. The Morgan fingerprint density at radius 2 is 2.00 bits per heavy atom. The highest BCUT2D eigenvalue weighted by molar-refractivity contribution is 5.33. The Morgan fingerprint density at radius 1 is 1.25 bits per heavy atom. The van der Waals surface area contributed by atoms with Crippen LogP contribution in [0.1, 0.15) is 38.8 Å². The second-order valence-electron chi connectivity index (χ2n) is 6.23. The van der Waals surface area contributed by atoms with Crippen LogP contribution < -0.4 is 5.32 Å². The minimum atomic E-state index is 0.0568. The van der Waals surface area contributed by atoms with Gasteiger partial charge < -0.3 is 5.32 Å². The fraction of sp³-hybridized carbons (Fsp3) is 0.500. The SMILES string of the molecule is CC(C)(CCNC1CC1)c1cnnn1-c1ccccc1. The molecule has 0 bridgehead atoms. The van der Waals surface area contributed by atoms with Crippen LogP contribution in [0, 0.1) is 0 Å². The van der Waals surface area contributed by atoms with Crippen molar-refractivity contribution in [3.05, 3.63) is 42.2 Å². The van der Waals surface area contributed by atoms with Crippen LogP contribution in [0.5, 0.6) is 0 Å². The Balaban J connectivity index is 1.76. The zero-order chi connectivity index (χ0) is 14.0. The highest BCUT2D eigenvalue weighted by Crippen LogP contribution is 2.28. The minimum Gasteiger partial charge on any atom is -0.314 e. The van der Waals surface area contributed by atoms with Crippen LogP contribution in [0.2, 0.25) is 0 Å². The molecule has 0 aliphatic heterocycles. The van der Waals surface area contributed by atoms with Gasteiger partial charge in [-0.2, -0.15) is 0 Å². The summed E-state index contributed by atoms with van der Waals surface area (Å²) in [7, 11) is 0. The molecule has 0 unspecified atom stereocenters. The molecule has 1 aromatic heterocycles. The quantitative estimate of drug-likeness (QED) is 0.877. The van der Waals surface area contributed by atoms with E-state index in [2.05, 4.69) is 41.6 Å². The van der Waals surface area contributed by atoms with Gasteiger partial charge in [-0.3, -0.25) is 0 Å². The largest absolute Gasteiger partial charge is 0.314 e. The second-order valence-corrected chi connectivity index (χ2v) is 6.23. The molecular weight excluding hydrogens is 248 g/mol. The molecular formula is C16H22N4. The van der Waals surface area contributed by atoms with E-state index in [9.17, 15) is 0 Å². The molecule has 4 heteroatoms. The molecule has 0 amide bonds. The number of hydrogen-bond acceptors (Lipinski definition) is 3. The number of para-hydroxylation sites is 1. The third kappa shape index (κ3) is 2.90. The van der Waals surface area contributed by atoms with Gasteiger partial charge in [0, 0.05) is 11.5 Å². The molecule has 2 aromatic rings. The minimum absolute atomic E-state index is 0.0568. The summed E-state index contributed by atoms with van der Waals surface area (Å²) in [5.41, 5.74) is 2.30. The zero-order valence-electron chi connectivity index (χ0n) is 12.2. The number of aromatic nitrogens is 3. The summed E-state index contributed by atoms with van der Waals surface area (Å²) in [6.45, 7) is 5.58. The fourth-order valence-corrected chi connectivity index (χ4v) is 2.46. The maximum atomic E-state index is 4.25. The van der Waals surface area contributed by atoms with Crippen LogP contribution in [-0.2, 0) is 5.41 Å².